The molecule has 1 aromatic heterocycles. The average molecular weight is 457 g/mol. The van der Waals surface area contributed by atoms with E-state index in [-0.39, 0.29) is 18.3 Å². The summed E-state index contributed by atoms with van der Waals surface area (Å²) in [4.78, 5) is 16.9. The first-order valence-electron chi connectivity index (χ1n) is 10.1. The Morgan fingerprint density at radius 2 is 1.68 bits per heavy atom. The third-order valence-corrected chi connectivity index (χ3v) is 5.44. The maximum atomic E-state index is 13.0. The van der Waals surface area contributed by atoms with E-state index in [1.807, 2.05) is 79.7 Å². The van der Waals surface area contributed by atoms with Crippen LogP contribution in [0.2, 0.25) is 5.02 Å². The molecule has 162 valence electrons. The molecule has 31 heavy (non-hydrogen) atoms. The molecule has 3 aromatic rings. The summed E-state index contributed by atoms with van der Waals surface area (Å²) in [6, 6.07) is 17.5. The van der Waals surface area contributed by atoms with E-state index < -0.39 is 0 Å². The highest BCUT2D eigenvalue weighted by molar-refractivity contribution is 6.30. The molecule has 6 heteroatoms. The van der Waals surface area contributed by atoms with Crippen LogP contribution in [-0.4, -0.2) is 36.3 Å². The van der Waals surface area contributed by atoms with Crippen molar-refractivity contribution in [2.75, 3.05) is 20.6 Å². The van der Waals surface area contributed by atoms with E-state index in [9.17, 15) is 4.79 Å². The zero-order valence-electron chi connectivity index (χ0n) is 17.7. The summed E-state index contributed by atoms with van der Waals surface area (Å²) in [6.45, 7) is 2.01. The topological polar surface area (TPSA) is 36.7 Å². The van der Waals surface area contributed by atoms with Gasteiger partial charge in [-0.15, -0.1) is 12.4 Å². The lowest BCUT2D eigenvalue weighted by atomic mass is 10.1. The van der Waals surface area contributed by atoms with Crippen LogP contribution in [-0.2, 0) is 19.5 Å². The van der Waals surface area contributed by atoms with Gasteiger partial charge in [-0.3, -0.25) is 4.79 Å². The Labute approximate surface area is 194 Å². The molecule has 0 bridgehead atoms. The Bertz CT molecular complexity index is 1050. The lowest BCUT2D eigenvalue weighted by Crippen LogP contribution is -2.35. The molecule has 0 aliphatic carbocycles. The molecule has 4 nitrogen and oxygen atoms in total. The van der Waals surface area contributed by atoms with Gasteiger partial charge in [0.15, 0.2) is 0 Å². The van der Waals surface area contributed by atoms with Crippen LogP contribution in [0.15, 0.2) is 59.0 Å². The normalized spacial score (nSPS) is 13.4. The number of fused-ring (bicyclic) bond motifs is 1. The number of carbonyl (C=O) groups excluding carboxylic acids is 1. The van der Waals surface area contributed by atoms with Crippen molar-refractivity contribution in [2.45, 2.75) is 19.5 Å². The molecule has 0 saturated carbocycles. The Balaban J connectivity index is 0.00000272. The monoisotopic (exact) mass is 456 g/mol. The Hall–Kier alpha value is -2.53. The fourth-order valence-corrected chi connectivity index (χ4v) is 3.76. The summed E-state index contributed by atoms with van der Waals surface area (Å²) in [5, 5.41) is 0.725. The van der Waals surface area contributed by atoms with Crippen molar-refractivity contribution in [3.05, 3.63) is 93.4 Å². The predicted molar refractivity (Wildman–Crippen MR) is 129 cm³/mol. The van der Waals surface area contributed by atoms with Gasteiger partial charge in [-0.25, -0.2) is 0 Å². The van der Waals surface area contributed by atoms with Gasteiger partial charge in [-0.05, 0) is 67.5 Å². The van der Waals surface area contributed by atoms with Crippen LogP contribution in [0, 0.1) is 0 Å². The third kappa shape index (κ3) is 5.79. The number of carbonyl (C=O) groups is 1. The molecule has 1 amide bonds. The number of rotatable bonds is 5. The minimum atomic E-state index is 0. The van der Waals surface area contributed by atoms with Gasteiger partial charge in [0.2, 0.25) is 0 Å². The first-order valence-corrected chi connectivity index (χ1v) is 10.4. The maximum Gasteiger partial charge on any atom is 0.254 e. The smallest absolute Gasteiger partial charge is 0.254 e. The Kier molecular flexibility index (Phi) is 7.60. The van der Waals surface area contributed by atoms with Crippen LogP contribution in [0.3, 0.4) is 0 Å². The second kappa shape index (κ2) is 10.2. The van der Waals surface area contributed by atoms with Gasteiger partial charge in [0.25, 0.3) is 5.91 Å². The fourth-order valence-electron chi connectivity index (χ4n) is 3.63. The molecule has 2 aromatic carbocycles. The second-order valence-corrected chi connectivity index (χ2v) is 8.32. The number of hydrogen-bond acceptors (Lipinski definition) is 3. The van der Waals surface area contributed by atoms with Crippen molar-refractivity contribution in [1.82, 2.24) is 9.80 Å². The molecule has 0 unspecified atom stereocenters. The predicted octanol–water partition coefficient (Wildman–Crippen LogP) is 5.79. The third-order valence-electron chi connectivity index (χ3n) is 5.19. The van der Waals surface area contributed by atoms with Crippen LogP contribution in [0.1, 0.15) is 38.6 Å². The van der Waals surface area contributed by atoms with Gasteiger partial charge >= 0.3 is 0 Å². The minimum Gasteiger partial charge on any atom is -0.463 e. The van der Waals surface area contributed by atoms with Crippen molar-refractivity contribution in [2.24, 2.45) is 0 Å². The first kappa shape index (κ1) is 23.1. The average Bonchev–Trinajstić information content (AvgIpc) is 3.14. The summed E-state index contributed by atoms with van der Waals surface area (Å²) >= 11 is 5.92. The van der Waals surface area contributed by atoms with Gasteiger partial charge in [0, 0.05) is 17.1 Å². The lowest BCUT2D eigenvalue weighted by Gasteiger charge is -2.26. The molecular formula is C25H26Cl2N2O2. The summed E-state index contributed by atoms with van der Waals surface area (Å²) in [6.07, 6.45) is 4.89. The first-order chi connectivity index (χ1) is 14.5. The highest BCUT2D eigenvalue weighted by atomic mass is 35.5. The van der Waals surface area contributed by atoms with Crippen molar-refractivity contribution in [3.8, 4) is 0 Å². The zero-order chi connectivity index (χ0) is 21.1. The number of halogens is 2. The molecule has 1 aliphatic heterocycles. The lowest BCUT2D eigenvalue weighted by molar-refractivity contribution is 0.0718. The molecule has 0 N–H and O–H groups in total. The van der Waals surface area contributed by atoms with Crippen LogP contribution >= 0.6 is 24.0 Å². The van der Waals surface area contributed by atoms with E-state index in [4.69, 9.17) is 16.0 Å². The SMILES string of the molecule is CN(C)Cc1cc2c(o1)CN(C(=O)c1ccc(/C=C\c3ccc(Cl)cc3)cc1)CC2.Cl. The van der Waals surface area contributed by atoms with Gasteiger partial charge in [0.1, 0.15) is 11.5 Å². The van der Waals surface area contributed by atoms with E-state index in [0.29, 0.717) is 18.7 Å². The minimum absolute atomic E-state index is 0. The Morgan fingerprint density at radius 3 is 2.29 bits per heavy atom. The summed E-state index contributed by atoms with van der Waals surface area (Å²) < 4.78 is 5.98. The summed E-state index contributed by atoms with van der Waals surface area (Å²) in [7, 11) is 4.04. The molecule has 0 radical (unpaired) electrons. The van der Waals surface area contributed by atoms with E-state index >= 15 is 0 Å². The molecular weight excluding hydrogens is 431 g/mol. The van der Waals surface area contributed by atoms with Crippen molar-refractivity contribution >= 4 is 42.1 Å². The molecule has 1 aliphatic rings. The van der Waals surface area contributed by atoms with Crippen LogP contribution in [0.5, 0.6) is 0 Å². The summed E-state index contributed by atoms with van der Waals surface area (Å²) in [5.74, 6) is 1.91. The number of nitrogens with zero attached hydrogens (tertiary/aromatic N) is 2. The van der Waals surface area contributed by atoms with Gasteiger partial charge in [0.05, 0.1) is 13.1 Å². The Morgan fingerprint density at radius 1 is 1.06 bits per heavy atom. The van der Waals surface area contributed by atoms with Crippen LogP contribution < -0.4 is 0 Å². The molecule has 4 rings (SSSR count). The standard InChI is InChI=1S/C25H25ClN2O2.ClH/c1-27(2)16-23-15-21-13-14-28(17-24(21)30-23)25(29)20-9-5-18(6-10-20)3-4-19-7-11-22(26)12-8-19;/h3-12,15H,13-14,16-17H2,1-2H3;1H/b4-3-;. The van der Waals surface area contributed by atoms with Crippen molar-refractivity contribution in [3.63, 3.8) is 0 Å². The molecule has 0 atom stereocenters. The number of amides is 1. The van der Waals surface area contributed by atoms with E-state index in [1.54, 1.807) is 0 Å². The number of benzene rings is 2. The van der Waals surface area contributed by atoms with E-state index in [1.165, 1.54) is 5.56 Å². The van der Waals surface area contributed by atoms with E-state index in [2.05, 4.69) is 11.0 Å². The van der Waals surface area contributed by atoms with Crippen LogP contribution in [0.4, 0.5) is 0 Å². The number of furan rings is 1. The van der Waals surface area contributed by atoms with Gasteiger partial charge in [-0.1, -0.05) is 48.0 Å². The van der Waals surface area contributed by atoms with Crippen LogP contribution in [0.25, 0.3) is 12.2 Å². The summed E-state index contributed by atoms with van der Waals surface area (Å²) in [5.41, 5.74) is 4.04. The van der Waals surface area contributed by atoms with Crippen molar-refractivity contribution < 1.29 is 9.21 Å². The zero-order valence-corrected chi connectivity index (χ0v) is 19.2. The van der Waals surface area contributed by atoms with Gasteiger partial charge in [-0.2, -0.15) is 0 Å². The maximum absolute atomic E-state index is 13.0. The van der Waals surface area contributed by atoms with Crippen molar-refractivity contribution in [1.29, 1.82) is 0 Å². The molecule has 0 fully saturated rings. The number of hydrogen-bond donors (Lipinski definition) is 0. The second-order valence-electron chi connectivity index (χ2n) is 7.88. The molecule has 0 saturated heterocycles. The molecule has 0 spiro atoms. The molecule has 2 heterocycles. The quantitative estimate of drug-likeness (QED) is 0.456. The highest BCUT2D eigenvalue weighted by Crippen LogP contribution is 2.25. The highest BCUT2D eigenvalue weighted by Gasteiger charge is 2.25. The largest absolute Gasteiger partial charge is 0.463 e. The fraction of sp³-hybridized carbons (Fsp3) is 0.240. The van der Waals surface area contributed by atoms with Gasteiger partial charge < -0.3 is 14.2 Å². The van der Waals surface area contributed by atoms with E-state index in [0.717, 1.165) is 40.6 Å².